The number of aromatic nitrogens is 1. The molecule has 0 spiro atoms. The van der Waals surface area contributed by atoms with E-state index in [9.17, 15) is 13.2 Å². The highest BCUT2D eigenvalue weighted by molar-refractivity contribution is 6.29. The predicted molar refractivity (Wildman–Crippen MR) is 114 cm³/mol. The van der Waals surface area contributed by atoms with E-state index < -0.39 is 12.6 Å². The van der Waals surface area contributed by atoms with Crippen molar-refractivity contribution in [3.8, 4) is 0 Å². The molecule has 0 saturated heterocycles. The smallest absolute Gasteiger partial charge is 0.355 e. The largest absolute Gasteiger partial charge is 0.393 e. The highest BCUT2D eigenvalue weighted by Crippen LogP contribution is 2.33. The van der Waals surface area contributed by atoms with E-state index in [2.05, 4.69) is 11.9 Å². The Hall–Kier alpha value is -2.53. The van der Waals surface area contributed by atoms with Crippen LogP contribution in [0.4, 0.5) is 24.5 Å². The Morgan fingerprint density at radius 1 is 1.24 bits per heavy atom. The van der Waals surface area contributed by atoms with Gasteiger partial charge in [0.2, 0.25) is 0 Å². The molecule has 29 heavy (non-hydrogen) atoms. The van der Waals surface area contributed by atoms with Gasteiger partial charge in [-0.05, 0) is 61.6 Å². The van der Waals surface area contributed by atoms with Gasteiger partial charge in [0.25, 0.3) is 0 Å². The normalized spacial score (nSPS) is 14.7. The number of hydrogen-bond donors (Lipinski definition) is 1. The Morgan fingerprint density at radius 3 is 2.59 bits per heavy atom. The molecule has 1 aliphatic rings. The number of allylic oxidation sites excluding steroid dienone is 5. The van der Waals surface area contributed by atoms with Crippen molar-refractivity contribution in [2.45, 2.75) is 38.8 Å². The van der Waals surface area contributed by atoms with Crippen LogP contribution in [0, 0.1) is 0 Å². The number of hydrogen-bond acceptors (Lipinski definition) is 2. The number of anilines is 2. The number of benzene rings is 1. The minimum Gasteiger partial charge on any atom is -0.355 e. The van der Waals surface area contributed by atoms with Crippen molar-refractivity contribution in [3.05, 3.63) is 82.7 Å². The van der Waals surface area contributed by atoms with E-state index in [0.717, 1.165) is 53.2 Å². The third kappa shape index (κ3) is 5.73. The molecule has 0 unspecified atom stereocenters. The summed E-state index contributed by atoms with van der Waals surface area (Å²) < 4.78 is 37.7. The number of fused-ring (bicyclic) bond motifs is 1. The summed E-state index contributed by atoms with van der Waals surface area (Å²) in [7, 11) is 0. The first kappa shape index (κ1) is 21.2. The van der Waals surface area contributed by atoms with Crippen LogP contribution in [0.25, 0.3) is 5.57 Å². The summed E-state index contributed by atoms with van der Waals surface area (Å²) in [5.74, 6) is 0. The van der Waals surface area contributed by atoms with Gasteiger partial charge >= 0.3 is 6.18 Å². The zero-order chi connectivity index (χ0) is 21.0. The van der Waals surface area contributed by atoms with Crippen LogP contribution in [0.2, 0.25) is 0 Å². The summed E-state index contributed by atoms with van der Waals surface area (Å²) in [5, 5.41) is 3.99. The summed E-state index contributed by atoms with van der Waals surface area (Å²) in [5.41, 5.74) is 5.71. The number of nitrogens with one attached hydrogen (secondary N) is 1. The van der Waals surface area contributed by atoms with E-state index in [0.29, 0.717) is 5.03 Å². The summed E-state index contributed by atoms with van der Waals surface area (Å²) in [6.45, 7) is 5.56. The minimum absolute atomic E-state index is 0.239. The van der Waals surface area contributed by atoms with Crippen LogP contribution in [0.5, 0.6) is 0 Å². The maximum absolute atomic E-state index is 12.6. The number of aryl methyl sites for hydroxylation is 1. The van der Waals surface area contributed by atoms with E-state index in [1.165, 1.54) is 12.1 Å². The molecule has 0 bridgehead atoms. The fraction of sp³-hybridized carbons (Fsp3) is 0.261. The molecular weight excluding hydrogens is 397 g/mol. The standard InChI is InChI=1S/C23H22ClF3N2/c1-3-5-17(12-15(2)24)21-13-22(19-6-4-7-20(19)29-21)28-18-10-8-16(9-11-18)14-23(25,26)27/h3,5,8-13H,1,4,6-7,14H2,2H3,(H,28,29)/b15-12+,17-5+. The van der Waals surface area contributed by atoms with Crippen molar-refractivity contribution in [1.29, 1.82) is 0 Å². The second-order valence-electron chi connectivity index (χ2n) is 7.04. The van der Waals surface area contributed by atoms with Gasteiger partial charge in [0.05, 0.1) is 12.1 Å². The lowest BCUT2D eigenvalue weighted by atomic mass is 10.1. The Labute approximate surface area is 173 Å². The van der Waals surface area contributed by atoms with E-state index in [-0.39, 0.29) is 5.56 Å². The van der Waals surface area contributed by atoms with Crippen molar-refractivity contribution in [3.63, 3.8) is 0 Å². The molecule has 1 aromatic carbocycles. The molecule has 2 aromatic rings. The number of nitrogens with zero attached hydrogens (tertiary/aromatic N) is 1. The molecule has 0 amide bonds. The van der Waals surface area contributed by atoms with Crippen LogP contribution in [0.15, 0.2) is 60.2 Å². The molecule has 1 aliphatic carbocycles. The lowest BCUT2D eigenvalue weighted by Crippen LogP contribution is -2.11. The molecule has 0 aliphatic heterocycles. The van der Waals surface area contributed by atoms with E-state index in [1.807, 2.05) is 18.2 Å². The van der Waals surface area contributed by atoms with Crippen LogP contribution in [0.1, 0.15) is 35.9 Å². The highest BCUT2D eigenvalue weighted by atomic mass is 35.5. The van der Waals surface area contributed by atoms with Crippen LogP contribution in [-0.4, -0.2) is 11.2 Å². The summed E-state index contributed by atoms with van der Waals surface area (Å²) in [4.78, 5) is 4.80. The van der Waals surface area contributed by atoms with E-state index in [4.69, 9.17) is 16.6 Å². The summed E-state index contributed by atoms with van der Waals surface area (Å²) in [6.07, 6.45) is 3.08. The van der Waals surface area contributed by atoms with Crippen molar-refractivity contribution < 1.29 is 13.2 Å². The third-order valence-electron chi connectivity index (χ3n) is 4.64. The number of alkyl halides is 3. The van der Waals surface area contributed by atoms with Gasteiger partial charge in [0, 0.05) is 27.7 Å². The quantitative estimate of drug-likeness (QED) is 0.504. The maximum atomic E-state index is 12.6. The maximum Gasteiger partial charge on any atom is 0.393 e. The van der Waals surface area contributed by atoms with Crippen molar-refractivity contribution >= 4 is 28.5 Å². The third-order valence-corrected chi connectivity index (χ3v) is 4.74. The molecule has 1 N–H and O–H groups in total. The van der Waals surface area contributed by atoms with Gasteiger partial charge in [-0.1, -0.05) is 42.5 Å². The Balaban J connectivity index is 1.93. The first-order valence-corrected chi connectivity index (χ1v) is 9.75. The molecule has 2 nitrogen and oxygen atoms in total. The van der Waals surface area contributed by atoms with Gasteiger partial charge in [-0.25, -0.2) is 0 Å². The van der Waals surface area contributed by atoms with Gasteiger partial charge in [0.1, 0.15) is 0 Å². The summed E-state index contributed by atoms with van der Waals surface area (Å²) >= 11 is 6.07. The molecule has 6 heteroatoms. The Kier molecular flexibility index (Phi) is 6.48. The Morgan fingerprint density at radius 2 is 1.97 bits per heavy atom. The lowest BCUT2D eigenvalue weighted by molar-refractivity contribution is -0.127. The topological polar surface area (TPSA) is 24.9 Å². The first-order chi connectivity index (χ1) is 13.7. The predicted octanol–water partition coefficient (Wildman–Crippen LogP) is 7.13. The molecule has 0 radical (unpaired) electrons. The zero-order valence-electron chi connectivity index (χ0n) is 16.1. The average Bonchev–Trinajstić information content (AvgIpc) is 3.10. The van der Waals surface area contributed by atoms with Crippen molar-refractivity contribution in [1.82, 2.24) is 4.98 Å². The molecule has 0 atom stereocenters. The lowest BCUT2D eigenvalue weighted by Gasteiger charge is -2.15. The molecule has 3 rings (SSSR count). The monoisotopic (exact) mass is 418 g/mol. The molecule has 0 saturated carbocycles. The average molecular weight is 419 g/mol. The number of halogens is 4. The van der Waals surface area contributed by atoms with E-state index >= 15 is 0 Å². The van der Waals surface area contributed by atoms with Crippen LogP contribution >= 0.6 is 11.6 Å². The van der Waals surface area contributed by atoms with Gasteiger partial charge in [-0.15, -0.1) is 0 Å². The fourth-order valence-electron chi connectivity index (χ4n) is 3.44. The number of rotatable bonds is 6. The SMILES string of the molecule is C=C/C=C(\C=C(/C)Cl)c1cc(Nc2ccc(CC(F)(F)F)cc2)c2c(n1)CCC2. The van der Waals surface area contributed by atoms with E-state index in [1.54, 1.807) is 25.1 Å². The molecule has 1 heterocycles. The summed E-state index contributed by atoms with van der Waals surface area (Å²) in [6, 6.07) is 8.30. The van der Waals surface area contributed by atoms with Crippen molar-refractivity contribution in [2.75, 3.05) is 5.32 Å². The molecular formula is C23H22ClF3N2. The van der Waals surface area contributed by atoms with Gasteiger partial charge in [0.15, 0.2) is 0 Å². The second kappa shape index (κ2) is 8.87. The Bertz CT molecular complexity index is 953. The molecule has 1 aromatic heterocycles. The van der Waals surface area contributed by atoms with Gasteiger partial charge in [-0.2, -0.15) is 13.2 Å². The van der Waals surface area contributed by atoms with Crippen LogP contribution < -0.4 is 5.32 Å². The van der Waals surface area contributed by atoms with Crippen LogP contribution in [0.3, 0.4) is 0 Å². The zero-order valence-corrected chi connectivity index (χ0v) is 16.9. The highest BCUT2D eigenvalue weighted by Gasteiger charge is 2.27. The van der Waals surface area contributed by atoms with Gasteiger partial charge < -0.3 is 5.32 Å². The van der Waals surface area contributed by atoms with Crippen molar-refractivity contribution in [2.24, 2.45) is 0 Å². The molecule has 152 valence electrons. The number of pyridine rings is 1. The first-order valence-electron chi connectivity index (χ1n) is 9.37. The second-order valence-corrected chi connectivity index (χ2v) is 7.63. The van der Waals surface area contributed by atoms with Gasteiger partial charge in [-0.3, -0.25) is 4.98 Å². The van der Waals surface area contributed by atoms with Crippen LogP contribution in [-0.2, 0) is 19.3 Å². The molecule has 0 fully saturated rings. The minimum atomic E-state index is -4.21. The fourth-order valence-corrected chi connectivity index (χ4v) is 3.56.